The zero-order valence-electron chi connectivity index (χ0n) is 14.3. The first kappa shape index (κ1) is 18.4. The summed E-state index contributed by atoms with van der Waals surface area (Å²) in [6.45, 7) is 0.335. The van der Waals surface area contributed by atoms with Gasteiger partial charge in [-0.15, -0.1) is 0 Å². The van der Waals surface area contributed by atoms with Crippen molar-refractivity contribution >= 4 is 27.2 Å². The molecule has 8 heteroatoms. The number of amides is 2. The highest BCUT2D eigenvalue weighted by molar-refractivity contribution is 7.91. The van der Waals surface area contributed by atoms with Crippen LogP contribution >= 0.6 is 0 Å². The molecule has 0 atom stereocenters. The fraction of sp³-hybridized carbons (Fsp3) is 0.0526. The first-order valence-corrected chi connectivity index (χ1v) is 9.58. The fourth-order valence-electron chi connectivity index (χ4n) is 2.40. The predicted octanol–water partition coefficient (Wildman–Crippen LogP) is 2.82. The minimum atomic E-state index is -3.67. The molecule has 0 saturated heterocycles. The maximum atomic E-state index is 12.6. The number of anilines is 2. The molecule has 0 fully saturated rings. The Morgan fingerprint density at radius 1 is 1.00 bits per heavy atom. The average Bonchev–Trinajstić information content (AvgIpc) is 2.68. The van der Waals surface area contributed by atoms with Crippen molar-refractivity contribution in [3.8, 4) is 0 Å². The van der Waals surface area contributed by atoms with Crippen LogP contribution in [0.3, 0.4) is 0 Å². The molecule has 7 nitrogen and oxygen atoms in total. The minimum Gasteiger partial charge on any atom is -0.399 e. The van der Waals surface area contributed by atoms with Crippen LogP contribution in [0.4, 0.5) is 16.2 Å². The highest BCUT2D eigenvalue weighted by Crippen LogP contribution is 2.23. The number of nitrogens with zero attached hydrogens (tertiary/aromatic N) is 1. The first-order valence-electron chi connectivity index (χ1n) is 8.09. The van der Waals surface area contributed by atoms with E-state index in [1.54, 1.807) is 30.6 Å². The molecule has 27 heavy (non-hydrogen) atoms. The number of carbonyl (C=O) groups is 1. The third-order valence-electron chi connectivity index (χ3n) is 3.77. The van der Waals surface area contributed by atoms with Crippen LogP contribution in [-0.2, 0) is 16.4 Å². The van der Waals surface area contributed by atoms with Crippen molar-refractivity contribution in [3.63, 3.8) is 0 Å². The Balaban J connectivity index is 1.65. The van der Waals surface area contributed by atoms with Crippen LogP contribution in [0.25, 0.3) is 0 Å². The molecule has 3 aromatic rings. The van der Waals surface area contributed by atoms with Gasteiger partial charge in [-0.1, -0.05) is 12.1 Å². The average molecular weight is 382 g/mol. The summed E-state index contributed by atoms with van der Waals surface area (Å²) >= 11 is 0. The number of aromatic nitrogens is 1. The highest BCUT2D eigenvalue weighted by Gasteiger charge is 2.17. The number of nitrogens with two attached hydrogens (primary N) is 1. The topological polar surface area (TPSA) is 114 Å². The van der Waals surface area contributed by atoms with E-state index in [-0.39, 0.29) is 9.79 Å². The maximum absolute atomic E-state index is 12.6. The van der Waals surface area contributed by atoms with Crippen molar-refractivity contribution < 1.29 is 13.2 Å². The SMILES string of the molecule is Nc1cccc(S(=O)(=O)c2ccc(NC(=O)NCc3cccnc3)cc2)c1. The summed E-state index contributed by atoms with van der Waals surface area (Å²) in [6.07, 6.45) is 3.32. The molecule has 2 amide bonds. The van der Waals surface area contributed by atoms with Crippen molar-refractivity contribution in [1.29, 1.82) is 0 Å². The smallest absolute Gasteiger partial charge is 0.319 e. The van der Waals surface area contributed by atoms with Crippen LogP contribution < -0.4 is 16.4 Å². The number of sulfone groups is 1. The van der Waals surface area contributed by atoms with E-state index in [0.717, 1.165) is 5.56 Å². The summed E-state index contributed by atoms with van der Waals surface area (Å²) in [5, 5.41) is 5.36. The second-order valence-electron chi connectivity index (χ2n) is 5.77. The minimum absolute atomic E-state index is 0.120. The molecule has 0 saturated carbocycles. The Labute approximate surface area is 157 Å². The van der Waals surface area contributed by atoms with Crippen molar-refractivity contribution in [2.24, 2.45) is 0 Å². The fourth-order valence-corrected chi connectivity index (χ4v) is 3.71. The number of nitrogens with one attached hydrogen (secondary N) is 2. The molecule has 0 aliphatic rings. The summed E-state index contributed by atoms with van der Waals surface area (Å²) in [7, 11) is -3.67. The highest BCUT2D eigenvalue weighted by atomic mass is 32.2. The van der Waals surface area contributed by atoms with Crippen molar-refractivity contribution in [2.75, 3.05) is 11.1 Å². The summed E-state index contributed by atoms with van der Waals surface area (Å²) in [5.74, 6) is 0. The largest absolute Gasteiger partial charge is 0.399 e. The second kappa shape index (κ2) is 7.88. The van der Waals surface area contributed by atoms with Gasteiger partial charge in [0.25, 0.3) is 0 Å². The Kier molecular flexibility index (Phi) is 5.37. The lowest BCUT2D eigenvalue weighted by atomic mass is 10.3. The number of hydrogen-bond donors (Lipinski definition) is 3. The molecule has 0 bridgehead atoms. The lowest BCUT2D eigenvalue weighted by Gasteiger charge is -2.09. The molecule has 3 rings (SSSR count). The van der Waals surface area contributed by atoms with Gasteiger partial charge in [-0.3, -0.25) is 4.98 Å². The number of benzene rings is 2. The Morgan fingerprint density at radius 2 is 1.78 bits per heavy atom. The number of rotatable bonds is 5. The third-order valence-corrected chi connectivity index (χ3v) is 5.53. The van der Waals surface area contributed by atoms with Gasteiger partial charge >= 0.3 is 6.03 Å². The Bertz CT molecular complexity index is 1040. The summed E-state index contributed by atoms with van der Waals surface area (Å²) in [4.78, 5) is 16.2. The monoisotopic (exact) mass is 382 g/mol. The van der Waals surface area contributed by atoms with E-state index < -0.39 is 15.9 Å². The van der Waals surface area contributed by atoms with E-state index in [1.807, 2.05) is 6.07 Å². The quantitative estimate of drug-likeness (QED) is 0.587. The van der Waals surface area contributed by atoms with E-state index in [1.165, 1.54) is 36.4 Å². The molecule has 1 aromatic heterocycles. The van der Waals surface area contributed by atoms with E-state index >= 15 is 0 Å². The second-order valence-corrected chi connectivity index (χ2v) is 7.72. The van der Waals surface area contributed by atoms with Crippen LogP contribution in [-0.4, -0.2) is 19.4 Å². The molecule has 0 aliphatic heterocycles. The van der Waals surface area contributed by atoms with Crippen molar-refractivity contribution in [1.82, 2.24) is 10.3 Å². The summed E-state index contributed by atoms with van der Waals surface area (Å²) in [6, 6.07) is 15.3. The molecular weight excluding hydrogens is 364 g/mol. The number of pyridine rings is 1. The lowest BCUT2D eigenvalue weighted by molar-refractivity contribution is 0.251. The van der Waals surface area contributed by atoms with E-state index in [4.69, 9.17) is 5.73 Å². The van der Waals surface area contributed by atoms with Gasteiger partial charge in [-0.25, -0.2) is 13.2 Å². The van der Waals surface area contributed by atoms with Crippen LogP contribution in [0.2, 0.25) is 0 Å². The molecule has 0 radical (unpaired) electrons. The summed E-state index contributed by atoms with van der Waals surface area (Å²) < 4.78 is 25.2. The number of carbonyl (C=O) groups excluding carboxylic acids is 1. The van der Waals surface area contributed by atoms with E-state index in [0.29, 0.717) is 17.9 Å². The molecule has 2 aromatic carbocycles. The zero-order valence-corrected chi connectivity index (χ0v) is 15.1. The first-order chi connectivity index (χ1) is 12.9. The van der Waals surface area contributed by atoms with E-state index in [2.05, 4.69) is 15.6 Å². The normalized spacial score (nSPS) is 11.0. The van der Waals surface area contributed by atoms with Gasteiger partial charge in [0.15, 0.2) is 0 Å². The Morgan fingerprint density at radius 3 is 2.44 bits per heavy atom. The van der Waals surface area contributed by atoms with Gasteiger partial charge in [0.2, 0.25) is 9.84 Å². The third kappa shape index (κ3) is 4.62. The summed E-state index contributed by atoms with van der Waals surface area (Å²) in [5.41, 5.74) is 7.38. The maximum Gasteiger partial charge on any atom is 0.319 e. The number of hydrogen-bond acceptors (Lipinski definition) is 5. The predicted molar refractivity (Wildman–Crippen MR) is 103 cm³/mol. The zero-order chi connectivity index (χ0) is 19.3. The van der Waals surface area contributed by atoms with Crippen molar-refractivity contribution in [3.05, 3.63) is 78.6 Å². The molecule has 0 unspecified atom stereocenters. The van der Waals surface area contributed by atoms with Gasteiger partial charge in [0.05, 0.1) is 9.79 Å². The molecular formula is C19H18N4O3S. The number of urea groups is 1. The number of nitrogen functional groups attached to an aromatic ring is 1. The van der Waals surface area contributed by atoms with Gasteiger partial charge in [-0.2, -0.15) is 0 Å². The van der Waals surface area contributed by atoms with Gasteiger partial charge in [0.1, 0.15) is 0 Å². The van der Waals surface area contributed by atoms with Gasteiger partial charge in [0, 0.05) is 30.3 Å². The van der Waals surface area contributed by atoms with Crippen LogP contribution in [0, 0.1) is 0 Å². The van der Waals surface area contributed by atoms with E-state index in [9.17, 15) is 13.2 Å². The van der Waals surface area contributed by atoms with Crippen LogP contribution in [0.1, 0.15) is 5.56 Å². The lowest BCUT2D eigenvalue weighted by Crippen LogP contribution is -2.28. The molecule has 0 spiro atoms. The standard InChI is InChI=1S/C19H18N4O3S/c20-15-4-1-5-18(11-15)27(25,26)17-8-6-16(7-9-17)23-19(24)22-13-14-3-2-10-21-12-14/h1-12H,13,20H2,(H2,22,23,24). The van der Waals surface area contributed by atoms with Crippen molar-refractivity contribution in [2.45, 2.75) is 16.3 Å². The molecule has 0 aliphatic carbocycles. The van der Waals surface area contributed by atoms with Crippen LogP contribution in [0.15, 0.2) is 82.8 Å². The molecule has 138 valence electrons. The van der Waals surface area contributed by atoms with Gasteiger partial charge in [-0.05, 0) is 54.1 Å². The molecule has 1 heterocycles. The molecule has 4 N–H and O–H groups in total. The Hall–Kier alpha value is -3.39. The van der Waals surface area contributed by atoms with Crippen LogP contribution in [0.5, 0.6) is 0 Å². The van der Waals surface area contributed by atoms with Gasteiger partial charge < -0.3 is 16.4 Å².